The van der Waals surface area contributed by atoms with Gasteiger partial charge >= 0.3 is 0 Å². The van der Waals surface area contributed by atoms with E-state index in [4.69, 9.17) is 11.6 Å². The van der Waals surface area contributed by atoms with Gasteiger partial charge in [-0.1, -0.05) is 30.7 Å². The minimum atomic E-state index is 0.0818. The summed E-state index contributed by atoms with van der Waals surface area (Å²) in [6, 6.07) is 6.64. The van der Waals surface area contributed by atoms with E-state index in [1.165, 1.54) is 5.56 Å². The molecular weight excluding hydrogens is 348 g/mol. The van der Waals surface area contributed by atoms with Gasteiger partial charge in [0.05, 0.1) is 0 Å². The highest BCUT2D eigenvalue weighted by molar-refractivity contribution is 6.31. The predicted molar refractivity (Wildman–Crippen MR) is 102 cm³/mol. The number of carbonyl (C=O) groups excluding carboxylic acids is 2. The van der Waals surface area contributed by atoms with Crippen molar-refractivity contribution < 1.29 is 9.59 Å². The maximum absolute atomic E-state index is 12.8. The zero-order valence-corrected chi connectivity index (χ0v) is 16.3. The lowest BCUT2D eigenvalue weighted by molar-refractivity contribution is -0.141. The zero-order valence-electron chi connectivity index (χ0n) is 15.6. The van der Waals surface area contributed by atoms with Gasteiger partial charge in [0.25, 0.3) is 0 Å². The van der Waals surface area contributed by atoms with Gasteiger partial charge in [0, 0.05) is 41.9 Å². The van der Waals surface area contributed by atoms with Crippen LogP contribution in [-0.4, -0.2) is 35.8 Å². The Hall–Kier alpha value is -1.55. The van der Waals surface area contributed by atoms with Gasteiger partial charge in [-0.05, 0) is 55.7 Å². The molecule has 3 fully saturated rings. The highest BCUT2D eigenvalue weighted by Crippen LogP contribution is 2.59. The molecule has 1 aliphatic heterocycles. The lowest BCUT2D eigenvalue weighted by Gasteiger charge is -2.40. The number of hydrogen-bond donors (Lipinski definition) is 1. The summed E-state index contributed by atoms with van der Waals surface area (Å²) in [5.41, 5.74) is 2.70. The van der Waals surface area contributed by atoms with E-state index in [0.717, 1.165) is 49.4 Å². The second-order valence-electron chi connectivity index (χ2n) is 8.34. The third kappa shape index (κ3) is 3.02. The average Bonchev–Trinajstić information content (AvgIpc) is 3.34. The standard InChI is InChI=1S/C21H27ClN2O2/c1-3-19(25)23-17-8-14(9-17)20(26)24-7-6-21(11-16(21)12-24)15-5-4-13(2)18(22)10-15/h4-5,10,14,16-17H,3,6-9,11-12H2,1-2H3,(H,23,25). The van der Waals surface area contributed by atoms with E-state index in [-0.39, 0.29) is 29.2 Å². The number of likely N-dealkylation sites (tertiary alicyclic amines) is 1. The van der Waals surface area contributed by atoms with Crippen molar-refractivity contribution in [2.24, 2.45) is 11.8 Å². The maximum Gasteiger partial charge on any atom is 0.225 e. The Morgan fingerprint density at radius 2 is 2.12 bits per heavy atom. The van der Waals surface area contributed by atoms with Crippen molar-refractivity contribution in [3.05, 3.63) is 34.3 Å². The van der Waals surface area contributed by atoms with Crippen LogP contribution in [0.25, 0.3) is 0 Å². The van der Waals surface area contributed by atoms with E-state index in [2.05, 4.69) is 28.4 Å². The van der Waals surface area contributed by atoms with Gasteiger partial charge < -0.3 is 10.2 Å². The first kappa shape index (κ1) is 17.8. The lowest BCUT2D eigenvalue weighted by Crippen LogP contribution is -2.52. The summed E-state index contributed by atoms with van der Waals surface area (Å²) in [5.74, 6) is 1.03. The molecule has 0 radical (unpaired) electrons. The summed E-state index contributed by atoms with van der Waals surface area (Å²) < 4.78 is 0. The number of nitrogens with zero attached hydrogens (tertiary/aromatic N) is 1. The highest BCUT2D eigenvalue weighted by Gasteiger charge is 2.58. The Morgan fingerprint density at radius 1 is 1.35 bits per heavy atom. The van der Waals surface area contributed by atoms with Crippen LogP contribution in [0.3, 0.4) is 0 Å². The highest BCUT2D eigenvalue weighted by atomic mass is 35.5. The van der Waals surface area contributed by atoms with Crippen molar-refractivity contribution in [2.75, 3.05) is 13.1 Å². The van der Waals surface area contributed by atoms with Gasteiger partial charge in [0.2, 0.25) is 11.8 Å². The molecule has 1 N–H and O–H groups in total. The van der Waals surface area contributed by atoms with Crippen molar-refractivity contribution in [1.82, 2.24) is 10.2 Å². The molecule has 140 valence electrons. The molecule has 2 unspecified atom stereocenters. The van der Waals surface area contributed by atoms with Crippen molar-refractivity contribution in [3.63, 3.8) is 0 Å². The summed E-state index contributed by atoms with van der Waals surface area (Å²) in [5, 5.41) is 3.83. The molecule has 4 nitrogen and oxygen atoms in total. The minimum absolute atomic E-state index is 0.0818. The summed E-state index contributed by atoms with van der Waals surface area (Å²) in [7, 11) is 0. The lowest BCUT2D eigenvalue weighted by atomic mass is 9.78. The Morgan fingerprint density at radius 3 is 2.77 bits per heavy atom. The molecule has 0 aromatic heterocycles. The summed E-state index contributed by atoms with van der Waals surface area (Å²) in [4.78, 5) is 26.3. The smallest absolute Gasteiger partial charge is 0.225 e. The Balaban J connectivity index is 1.32. The van der Waals surface area contributed by atoms with Crippen LogP contribution in [0.15, 0.2) is 18.2 Å². The fourth-order valence-electron chi connectivity index (χ4n) is 4.74. The third-order valence-electron chi connectivity index (χ3n) is 6.73. The number of carbonyl (C=O) groups is 2. The number of piperidine rings is 1. The number of rotatable bonds is 4. The normalized spacial score (nSPS) is 32.4. The van der Waals surface area contributed by atoms with E-state index in [1.54, 1.807) is 0 Å². The molecule has 1 aromatic rings. The largest absolute Gasteiger partial charge is 0.353 e. The number of fused-ring (bicyclic) bond motifs is 1. The number of aryl methyl sites for hydroxylation is 1. The first-order chi connectivity index (χ1) is 12.4. The van der Waals surface area contributed by atoms with Gasteiger partial charge in [-0.3, -0.25) is 9.59 Å². The second kappa shape index (κ2) is 6.56. The Kier molecular flexibility index (Phi) is 4.50. The van der Waals surface area contributed by atoms with Gasteiger partial charge in [-0.15, -0.1) is 0 Å². The van der Waals surface area contributed by atoms with Crippen LogP contribution < -0.4 is 5.32 Å². The molecule has 5 heteroatoms. The van der Waals surface area contributed by atoms with Crippen LogP contribution in [-0.2, 0) is 15.0 Å². The number of hydrogen-bond acceptors (Lipinski definition) is 2. The summed E-state index contributed by atoms with van der Waals surface area (Å²) in [6.45, 7) is 5.59. The van der Waals surface area contributed by atoms with Crippen molar-refractivity contribution in [2.45, 2.75) is 57.4 Å². The third-order valence-corrected chi connectivity index (χ3v) is 7.14. The molecule has 26 heavy (non-hydrogen) atoms. The van der Waals surface area contributed by atoms with E-state index in [1.807, 2.05) is 13.8 Å². The first-order valence-electron chi connectivity index (χ1n) is 9.77. The van der Waals surface area contributed by atoms with Crippen LogP contribution in [0.2, 0.25) is 5.02 Å². The molecule has 2 saturated carbocycles. The molecule has 3 aliphatic rings. The van der Waals surface area contributed by atoms with Gasteiger partial charge in [-0.2, -0.15) is 0 Å². The van der Waals surface area contributed by atoms with E-state index < -0.39 is 0 Å². The molecule has 1 saturated heterocycles. The fraction of sp³-hybridized carbons (Fsp3) is 0.619. The first-order valence-corrected chi connectivity index (χ1v) is 10.2. The van der Waals surface area contributed by atoms with Crippen LogP contribution in [0.4, 0.5) is 0 Å². The minimum Gasteiger partial charge on any atom is -0.353 e. The summed E-state index contributed by atoms with van der Waals surface area (Å²) in [6.07, 6.45) is 4.30. The number of benzene rings is 1. The molecule has 4 rings (SSSR count). The molecule has 0 spiro atoms. The quantitative estimate of drug-likeness (QED) is 0.877. The number of halogens is 1. The fourth-order valence-corrected chi connectivity index (χ4v) is 4.92. The number of amides is 2. The van der Waals surface area contributed by atoms with E-state index in [0.29, 0.717) is 12.3 Å². The van der Waals surface area contributed by atoms with Crippen LogP contribution in [0.5, 0.6) is 0 Å². The average molecular weight is 375 g/mol. The number of nitrogens with one attached hydrogen (secondary N) is 1. The molecule has 1 aromatic carbocycles. The van der Waals surface area contributed by atoms with Gasteiger partial charge in [0.1, 0.15) is 0 Å². The molecule has 2 atom stereocenters. The monoisotopic (exact) mass is 374 g/mol. The van der Waals surface area contributed by atoms with Crippen LogP contribution in [0.1, 0.15) is 50.2 Å². The van der Waals surface area contributed by atoms with E-state index in [9.17, 15) is 9.59 Å². The summed E-state index contributed by atoms with van der Waals surface area (Å²) >= 11 is 6.33. The van der Waals surface area contributed by atoms with Gasteiger partial charge in [-0.25, -0.2) is 0 Å². The van der Waals surface area contributed by atoms with Crippen LogP contribution >= 0.6 is 11.6 Å². The maximum atomic E-state index is 12.8. The molecule has 1 heterocycles. The molecule has 2 aliphatic carbocycles. The van der Waals surface area contributed by atoms with E-state index >= 15 is 0 Å². The molecule has 0 bridgehead atoms. The predicted octanol–water partition coefficient (Wildman–Crippen LogP) is 3.44. The van der Waals surface area contributed by atoms with Gasteiger partial charge in [0.15, 0.2) is 0 Å². The SMILES string of the molecule is CCC(=O)NC1CC(C(=O)N2CCC3(c4ccc(C)c(Cl)c4)CC3C2)C1. The van der Waals surface area contributed by atoms with Crippen LogP contribution in [0, 0.1) is 18.8 Å². The Labute approximate surface area is 160 Å². The van der Waals surface area contributed by atoms with Crippen molar-refractivity contribution in [1.29, 1.82) is 0 Å². The Bertz CT molecular complexity index is 744. The van der Waals surface area contributed by atoms with Crippen molar-refractivity contribution >= 4 is 23.4 Å². The molecular formula is C21H27ClN2O2. The topological polar surface area (TPSA) is 49.4 Å². The zero-order chi connectivity index (χ0) is 18.5. The second-order valence-corrected chi connectivity index (χ2v) is 8.75. The molecule has 2 amide bonds. The van der Waals surface area contributed by atoms with Crippen molar-refractivity contribution in [3.8, 4) is 0 Å².